The van der Waals surface area contributed by atoms with Gasteiger partial charge in [0.1, 0.15) is 0 Å². The molecule has 0 fully saturated rings. The summed E-state index contributed by atoms with van der Waals surface area (Å²) in [5.41, 5.74) is 0. The molecule has 15 heavy (non-hydrogen) atoms. The highest BCUT2D eigenvalue weighted by molar-refractivity contribution is 7.91. The normalized spacial score (nSPS) is 14.1. The van der Waals surface area contributed by atoms with Gasteiger partial charge in [-0.2, -0.15) is 0 Å². The summed E-state index contributed by atoms with van der Waals surface area (Å²) < 4.78 is 27.2. The van der Waals surface area contributed by atoms with E-state index >= 15 is 0 Å². The number of aliphatic hydroxyl groups excluding tert-OH is 1. The first-order valence-corrected chi connectivity index (χ1v) is 7.01. The molecule has 0 rings (SSSR count). The van der Waals surface area contributed by atoms with Crippen LogP contribution in [0.1, 0.15) is 13.8 Å². The third-order valence-corrected chi connectivity index (χ3v) is 3.63. The van der Waals surface area contributed by atoms with Gasteiger partial charge >= 0.3 is 0 Å². The molecule has 1 unspecified atom stereocenters. The number of hydrogen-bond donors (Lipinski definition) is 2. The van der Waals surface area contributed by atoms with Crippen LogP contribution in [-0.4, -0.2) is 57.4 Å². The molecule has 0 aliphatic heterocycles. The second-order valence-corrected chi connectivity index (χ2v) is 5.73. The quantitative estimate of drug-likeness (QED) is 0.526. The average Bonchev–Trinajstić information content (AvgIpc) is 2.21. The largest absolute Gasteiger partial charge is 0.389 e. The first-order valence-electron chi connectivity index (χ1n) is 5.18. The van der Waals surface area contributed by atoms with Crippen LogP contribution < -0.4 is 5.32 Å². The molecule has 0 aliphatic rings. The summed E-state index contributed by atoms with van der Waals surface area (Å²) in [6.45, 7) is 5.07. The Labute approximate surface area is 91.7 Å². The van der Waals surface area contributed by atoms with E-state index in [1.165, 1.54) is 0 Å². The maximum atomic E-state index is 11.1. The standard InChI is InChI=1S/C9H21NO4S/c1-3-14-8-9(11)7-10-5-6-15(12,13)4-2/h9-11H,3-8H2,1-2H3. The molecular weight excluding hydrogens is 218 g/mol. The van der Waals surface area contributed by atoms with Gasteiger partial charge in [0.2, 0.25) is 0 Å². The molecule has 2 N–H and O–H groups in total. The highest BCUT2D eigenvalue weighted by Gasteiger charge is 2.07. The van der Waals surface area contributed by atoms with Gasteiger partial charge in [-0.3, -0.25) is 0 Å². The van der Waals surface area contributed by atoms with E-state index in [9.17, 15) is 13.5 Å². The zero-order chi connectivity index (χ0) is 11.7. The maximum absolute atomic E-state index is 11.1. The van der Waals surface area contributed by atoms with E-state index in [1.54, 1.807) is 6.92 Å². The Bertz CT molecular complexity index is 240. The lowest BCUT2D eigenvalue weighted by atomic mass is 10.4. The minimum atomic E-state index is -2.91. The summed E-state index contributed by atoms with van der Waals surface area (Å²) >= 11 is 0. The van der Waals surface area contributed by atoms with Crippen molar-refractivity contribution in [2.24, 2.45) is 0 Å². The first kappa shape index (κ1) is 14.8. The molecule has 0 spiro atoms. The molecule has 0 amide bonds. The topological polar surface area (TPSA) is 75.6 Å². The number of aliphatic hydroxyl groups is 1. The average molecular weight is 239 g/mol. The predicted octanol–water partition coefficient (Wildman–Crippen LogP) is -0.592. The highest BCUT2D eigenvalue weighted by atomic mass is 32.2. The van der Waals surface area contributed by atoms with E-state index in [2.05, 4.69) is 5.32 Å². The third kappa shape index (κ3) is 8.80. The van der Waals surface area contributed by atoms with Crippen molar-refractivity contribution in [3.8, 4) is 0 Å². The Morgan fingerprint density at radius 3 is 2.60 bits per heavy atom. The monoisotopic (exact) mass is 239 g/mol. The van der Waals surface area contributed by atoms with Crippen molar-refractivity contribution in [1.29, 1.82) is 0 Å². The van der Waals surface area contributed by atoms with Crippen molar-refractivity contribution in [3.63, 3.8) is 0 Å². The molecule has 1 atom stereocenters. The van der Waals surface area contributed by atoms with Crippen LogP contribution in [0.5, 0.6) is 0 Å². The minimum absolute atomic E-state index is 0.116. The summed E-state index contributed by atoms with van der Waals surface area (Å²) in [4.78, 5) is 0. The third-order valence-electron chi connectivity index (χ3n) is 1.92. The Balaban J connectivity index is 3.46. The maximum Gasteiger partial charge on any atom is 0.151 e. The van der Waals surface area contributed by atoms with E-state index in [-0.39, 0.29) is 18.1 Å². The fraction of sp³-hybridized carbons (Fsp3) is 1.00. The number of hydrogen-bond acceptors (Lipinski definition) is 5. The van der Waals surface area contributed by atoms with Crippen molar-refractivity contribution in [1.82, 2.24) is 5.32 Å². The van der Waals surface area contributed by atoms with Crippen molar-refractivity contribution >= 4 is 9.84 Å². The van der Waals surface area contributed by atoms with Gasteiger partial charge in [0.25, 0.3) is 0 Å². The van der Waals surface area contributed by atoms with Crippen molar-refractivity contribution < 1.29 is 18.3 Å². The van der Waals surface area contributed by atoms with E-state index in [1.807, 2.05) is 6.92 Å². The molecule has 5 nitrogen and oxygen atoms in total. The summed E-state index contributed by atoms with van der Waals surface area (Å²) in [6, 6.07) is 0. The second-order valence-electron chi connectivity index (χ2n) is 3.25. The fourth-order valence-electron chi connectivity index (χ4n) is 0.953. The minimum Gasteiger partial charge on any atom is -0.389 e. The van der Waals surface area contributed by atoms with E-state index in [0.29, 0.717) is 19.7 Å². The smallest absolute Gasteiger partial charge is 0.151 e. The molecule has 0 saturated heterocycles. The fourth-order valence-corrected chi connectivity index (χ4v) is 1.70. The Kier molecular flexibility index (Phi) is 7.95. The lowest BCUT2D eigenvalue weighted by Crippen LogP contribution is -2.33. The molecule has 0 aromatic rings. The zero-order valence-corrected chi connectivity index (χ0v) is 10.2. The van der Waals surface area contributed by atoms with E-state index < -0.39 is 15.9 Å². The van der Waals surface area contributed by atoms with Gasteiger partial charge < -0.3 is 15.2 Å². The predicted molar refractivity (Wildman–Crippen MR) is 59.7 cm³/mol. The number of sulfone groups is 1. The lowest BCUT2D eigenvalue weighted by Gasteiger charge is -2.11. The van der Waals surface area contributed by atoms with E-state index in [4.69, 9.17) is 4.74 Å². The van der Waals surface area contributed by atoms with Crippen molar-refractivity contribution in [2.75, 3.05) is 37.8 Å². The molecule has 0 heterocycles. The molecular formula is C9H21NO4S. The summed E-state index contributed by atoms with van der Waals surface area (Å²) in [6.07, 6.45) is -0.575. The highest BCUT2D eigenvalue weighted by Crippen LogP contribution is 1.88. The molecule has 6 heteroatoms. The van der Waals surface area contributed by atoms with Gasteiger partial charge in [-0.1, -0.05) is 6.92 Å². The van der Waals surface area contributed by atoms with Crippen LogP contribution >= 0.6 is 0 Å². The molecule has 92 valence electrons. The first-order chi connectivity index (χ1) is 7.02. The zero-order valence-electron chi connectivity index (χ0n) is 9.40. The summed E-state index contributed by atoms with van der Waals surface area (Å²) in [5, 5.41) is 12.2. The van der Waals surface area contributed by atoms with Crippen molar-refractivity contribution in [2.45, 2.75) is 20.0 Å². The van der Waals surface area contributed by atoms with Crippen LogP contribution in [0.4, 0.5) is 0 Å². The number of nitrogens with one attached hydrogen (secondary N) is 1. The van der Waals surface area contributed by atoms with Gasteiger partial charge in [-0.05, 0) is 6.92 Å². The molecule has 0 saturated carbocycles. The summed E-state index contributed by atoms with van der Waals surface area (Å²) in [5.74, 6) is 0.279. The van der Waals surface area contributed by atoms with Gasteiger partial charge in [0.15, 0.2) is 9.84 Å². The Hall–Kier alpha value is -0.170. The van der Waals surface area contributed by atoms with Crippen molar-refractivity contribution in [3.05, 3.63) is 0 Å². The van der Waals surface area contributed by atoms with Gasteiger partial charge in [-0.15, -0.1) is 0 Å². The van der Waals surface area contributed by atoms with Crippen LogP contribution in [0.15, 0.2) is 0 Å². The molecule has 0 aromatic carbocycles. The molecule has 0 aliphatic carbocycles. The lowest BCUT2D eigenvalue weighted by molar-refractivity contribution is 0.0432. The van der Waals surface area contributed by atoms with Crippen LogP contribution in [0.3, 0.4) is 0 Å². The molecule has 0 bridgehead atoms. The Morgan fingerprint density at radius 2 is 2.07 bits per heavy atom. The summed E-state index contributed by atoms with van der Waals surface area (Å²) in [7, 11) is -2.91. The number of rotatable bonds is 9. The van der Waals surface area contributed by atoms with Crippen LogP contribution in [0.25, 0.3) is 0 Å². The van der Waals surface area contributed by atoms with Gasteiger partial charge in [0, 0.05) is 25.4 Å². The number of ether oxygens (including phenoxy) is 1. The molecule has 0 radical (unpaired) electrons. The van der Waals surface area contributed by atoms with E-state index in [0.717, 1.165) is 0 Å². The van der Waals surface area contributed by atoms with Crippen LogP contribution in [0.2, 0.25) is 0 Å². The molecule has 0 aromatic heterocycles. The van der Waals surface area contributed by atoms with Crippen LogP contribution in [0, 0.1) is 0 Å². The Morgan fingerprint density at radius 1 is 1.40 bits per heavy atom. The second kappa shape index (κ2) is 8.04. The SMILES string of the molecule is CCOCC(O)CNCCS(=O)(=O)CC. The van der Waals surface area contributed by atoms with Gasteiger partial charge in [-0.25, -0.2) is 8.42 Å². The van der Waals surface area contributed by atoms with Crippen LogP contribution in [-0.2, 0) is 14.6 Å². The van der Waals surface area contributed by atoms with Gasteiger partial charge in [0.05, 0.1) is 18.5 Å².